The fourth-order valence-electron chi connectivity index (χ4n) is 6.65. The highest BCUT2D eigenvalue weighted by Gasteiger charge is 2.17. The molecule has 9 rings (SSSR count). The van der Waals surface area contributed by atoms with Crippen LogP contribution < -0.4 is 0 Å². The number of benzene rings is 7. The molecule has 2 heterocycles. The van der Waals surface area contributed by atoms with Crippen LogP contribution in [0.1, 0.15) is 0 Å². The van der Waals surface area contributed by atoms with Crippen LogP contribution in [0.3, 0.4) is 0 Å². The number of rotatable bonds is 3. The van der Waals surface area contributed by atoms with E-state index in [4.69, 9.17) is 8.83 Å². The van der Waals surface area contributed by atoms with E-state index in [-0.39, 0.29) is 0 Å². The lowest BCUT2D eigenvalue weighted by Crippen LogP contribution is -1.90. The van der Waals surface area contributed by atoms with Crippen molar-refractivity contribution in [2.45, 2.75) is 0 Å². The lowest BCUT2D eigenvalue weighted by atomic mass is 9.86. The largest absolute Gasteiger partial charge is 0.464 e. The van der Waals surface area contributed by atoms with Gasteiger partial charge in [0.25, 0.3) is 0 Å². The van der Waals surface area contributed by atoms with E-state index in [1.807, 2.05) is 18.2 Å². The van der Waals surface area contributed by atoms with Crippen LogP contribution in [-0.4, -0.2) is 0 Å². The number of fused-ring (bicyclic) bond motifs is 7. The molecule has 196 valence electrons. The van der Waals surface area contributed by atoms with Gasteiger partial charge in [0, 0.05) is 10.8 Å². The average molecular weight is 537 g/mol. The molecule has 0 aliphatic rings. The molecule has 0 atom stereocenters. The van der Waals surface area contributed by atoms with Crippen molar-refractivity contribution in [3.8, 4) is 33.4 Å². The van der Waals surface area contributed by atoms with Crippen LogP contribution >= 0.6 is 0 Å². The van der Waals surface area contributed by atoms with Gasteiger partial charge in [0.1, 0.15) is 16.7 Å². The van der Waals surface area contributed by atoms with Gasteiger partial charge in [-0.2, -0.15) is 0 Å². The second kappa shape index (κ2) is 8.95. The van der Waals surface area contributed by atoms with Crippen molar-refractivity contribution in [3.05, 3.63) is 146 Å². The minimum Gasteiger partial charge on any atom is -0.464 e. The second-order valence-corrected chi connectivity index (χ2v) is 10.9. The molecule has 0 spiro atoms. The Morgan fingerprint density at radius 3 is 1.62 bits per heavy atom. The van der Waals surface area contributed by atoms with E-state index in [1.54, 1.807) is 6.26 Å². The molecule has 7 aromatic carbocycles. The molecule has 2 heteroatoms. The van der Waals surface area contributed by atoms with Gasteiger partial charge in [-0.3, -0.25) is 0 Å². The first-order valence-corrected chi connectivity index (χ1v) is 14.3. The fourth-order valence-corrected chi connectivity index (χ4v) is 6.65. The first-order valence-electron chi connectivity index (χ1n) is 14.3. The summed E-state index contributed by atoms with van der Waals surface area (Å²) < 4.78 is 12.1. The van der Waals surface area contributed by atoms with E-state index in [0.717, 1.165) is 44.0 Å². The topological polar surface area (TPSA) is 26.3 Å². The molecule has 0 radical (unpaired) electrons. The first-order chi connectivity index (χ1) is 20.8. The highest BCUT2D eigenvalue weighted by atomic mass is 16.3. The summed E-state index contributed by atoms with van der Waals surface area (Å²) in [4.78, 5) is 0. The summed E-state index contributed by atoms with van der Waals surface area (Å²) in [6.07, 6.45) is 1.74. The Hall–Kier alpha value is -5.60. The van der Waals surface area contributed by atoms with Gasteiger partial charge in [-0.25, -0.2) is 0 Å². The Bertz CT molecular complexity index is 2380. The smallest absolute Gasteiger partial charge is 0.145 e. The zero-order valence-corrected chi connectivity index (χ0v) is 22.7. The summed E-state index contributed by atoms with van der Waals surface area (Å²) in [5, 5.41) is 8.24. The maximum Gasteiger partial charge on any atom is 0.145 e. The highest BCUT2D eigenvalue weighted by Crippen LogP contribution is 2.44. The van der Waals surface area contributed by atoms with Crippen molar-refractivity contribution in [2.75, 3.05) is 0 Å². The van der Waals surface area contributed by atoms with Crippen LogP contribution in [0.2, 0.25) is 0 Å². The molecule has 2 nitrogen and oxygen atoms in total. The monoisotopic (exact) mass is 536 g/mol. The third kappa shape index (κ3) is 3.39. The van der Waals surface area contributed by atoms with Crippen molar-refractivity contribution >= 4 is 54.5 Å². The van der Waals surface area contributed by atoms with Crippen LogP contribution in [0.5, 0.6) is 0 Å². The molecule has 0 saturated carbocycles. The third-order valence-corrected chi connectivity index (χ3v) is 8.56. The number of hydrogen-bond acceptors (Lipinski definition) is 2. The van der Waals surface area contributed by atoms with Crippen molar-refractivity contribution in [3.63, 3.8) is 0 Å². The Labute approximate surface area is 242 Å². The van der Waals surface area contributed by atoms with Crippen molar-refractivity contribution in [2.24, 2.45) is 0 Å². The molecule has 0 unspecified atom stereocenters. The highest BCUT2D eigenvalue weighted by molar-refractivity contribution is 6.21. The van der Waals surface area contributed by atoms with E-state index in [1.165, 1.54) is 43.8 Å². The van der Waals surface area contributed by atoms with Gasteiger partial charge in [0.15, 0.2) is 0 Å². The molecule has 0 aliphatic carbocycles. The Kier molecular flexibility index (Phi) is 4.93. The summed E-state index contributed by atoms with van der Waals surface area (Å²) in [5.41, 5.74) is 9.85. The predicted octanol–water partition coefficient (Wildman–Crippen LogP) is 11.6. The minimum absolute atomic E-state index is 0.845. The molecule has 0 bridgehead atoms. The molecule has 0 amide bonds. The average Bonchev–Trinajstić information content (AvgIpc) is 3.68. The van der Waals surface area contributed by atoms with Gasteiger partial charge in [-0.1, -0.05) is 109 Å². The van der Waals surface area contributed by atoms with Crippen LogP contribution in [0.25, 0.3) is 87.8 Å². The summed E-state index contributed by atoms with van der Waals surface area (Å²) in [6.45, 7) is 0. The molecule has 0 N–H and O–H groups in total. The standard InChI is InChI=1S/C40H24O2/c1-2-8-26(9-3-1)37-30-10-4-6-12-32(30)38(33-13-7-5-11-31(33)37)27-16-14-25(15-17-27)29-18-20-34-36(24-29)42-35-21-19-28-22-23-41-40(28)39(34)35/h1-24H. The maximum atomic E-state index is 6.27. The molecule has 2 aromatic heterocycles. The Morgan fingerprint density at radius 1 is 0.381 bits per heavy atom. The minimum atomic E-state index is 0.845. The van der Waals surface area contributed by atoms with E-state index < -0.39 is 0 Å². The second-order valence-electron chi connectivity index (χ2n) is 10.9. The Balaban J connectivity index is 1.20. The molecule has 42 heavy (non-hydrogen) atoms. The normalized spacial score (nSPS) is 11.8. The van der Waals surface area contributed by atoms with E-state index in [9.17, 15) is 0 Å². The lowest BCUT2D eigenvalue weighted by molar-refractivity contribution is 0.618. The SMILES string of the molecule is c1ccc(-c2c3ccccc3c(-c3ccc(-c4ccc5c(c4)oc4ccc6ccoc6c45)cc3)c3ccccc23)cc1. The van der Waals surface area contributed by atoms with E-state index in [0.29, 0.717) is 0 Å². The molecular weight excluding hydrogens is 512 g/mol. The van der Waals surface area contributed by atoms with Gasteiger partial charge in [0.05, 0.1) is 11.6 Å². The van der Waals surface area contributed by atoms with Crippen molar-refractivity contribution < 1.29 is 8.83 Å². The van der Waals surface area contributed by atoms with Crippen LogP contribution in [0, 0.1) is 0 Å². The lowest BCUT2D eigenvalue weighted by Gasteiger charge is -2.18. The molecule has 0 fully saturated rings. The van der Waals surface area contributed by atoms with Gasteiger partial charge in [-0.05, 0) is 85.3 Å². The van der Waals surface area contributed by atoms with Crippen LogP contribution in [0.15, 0.2) is 155 Å². The zero-order chi connectivity index (χ0) is 27.6. The summed E-state index contributed by atoms with van der Waals surface area (Å²) >= 11 is 0. The molecule has 0 saturated heterocycles. The number of hydrogen-bond donors (Lipinski definition) is 0. The van der Waals surface area contributed by atoms with Gasteiger partial charge in [-0.15, -0.1) is 0 Å². The molecule has 0 aliphatic heterocycles. The number of furan rings is 2. The van der Waals surface area contributed by atoms with E-state index in [2.05, 4.69) is 121 Å². The summed E-state index contributed by atoms with van der Waals surface area (Å²) in [6, 6.07) is 49.8. The summed E-state index contributed by atoms with van der Waals surface area (Å²) in [5.74, 6) is 0. The Morgan fingerprint density at radius 2 is 0.952 bits per heavy atom. The van der Waals surface area contributed by atoms with Crippen LogP contribution in [-0.2, 0) is 0 Å². The zero-order valence-electron chi connectivity index (χ0n) is 22.7. The summed E-state index contributed by atoms with van der Waals surface area (Å²) in [7, 11) is 0. The quantitative estimate of drug-likeness (QED) is 0.210. The first kappa shape index (κ1) is 23.1. The van der Waals surface area contributed by atoms with Crippen molar-refractivity contribution in [1.82, 2.24) is 0 Å². The molecular formula is C40H24O2. The maximum absolute atomic E-state index is 6.27. The third-order valence-electron chi connectivity index (χ3n) is 8.56. The van der Waals surface area contributed by atoms with Gasteiger partial charge < -0.3 is 8.83 Å². The van der Waals surface area contributed by atoms with Gasteiger partial charge in [0.2, 0.25) is 0 Å². The van der Waals surface area contributed by atoms with Crippen molar-refractivity contribution in [1.29, 1.82) is 0 Å². The predicted molar refractivity (Wildman–Crippen MR) is 175 cm³/mol. The van der Waals surface area contributed by atoms with Gasteiger partial charge >= 0.3 is 0 Å². The van der Waals surface area contributed by atoms with Crippen LogP contribution in [0.4, 0.5) is 0 Å². The fraction of sp³-hybridized carbons (Fsp3) is 0. The van der Waals surface area contributed by atoms with E-state index >= 15 is 0 Å². The molecule has 9 aromatic rings.